The molecule has 1 rings (SSSR count). The molecule has 0 saturated heterocycles. The van der Waals surface area contributed by atoms with Crippen molar-refractivity contribution in [2.45, 2.75) is 31.8 Å². The molecule has 1 aliphatic rings. The summed E-state index contributed by atoms with van der Waals surface area (Å²) >= 11 is 0. The van der Waals surface area contributed by atoms with Crippen molar-refractivity contribution in [3.05, 3.63) is 0 Å². The maximum atomic E-state index is 10.5. The van der Waals surface area contributed by atoms with E-state index in [4.69, 9.17) is 5.11 Å². The highest BCUT2D eigenvalue weighted by Crippen LogP contribution is 2.13. The Morgan fingerprint density at radius 3 is 2.75 bits per heavy atom. The summed E-state index contributed by atoms with van der Waals surface area (Å²) in [5.41, 5.74) is 0. The molecule has 1 unspecified atom stereocenters. The number of ketones is 1. The number of rotatable bonds is 0. The van der Waals surface area contributed by atoms with Crippen LogP contribution in [0, 0.1) is 0 Å². The second kappa shape index (κ2) is 2.27. The fourth-order valence-corrected chi connectivity index (χ4v) is 1.00. The van der Waals surface area contributed by atoms with Crippen molar-refractivity contribution in [1.29, 1.82) is 0 Å². The second-order valence-corrected chi connectivity index (χ2v) is 2.29. The topological polar surface area (TPSA) is 37.3 Å². The van der Waals surface area contributed by atoms with Crippen molar-refractivity contribution in [2.24, 2.45) is 0 Å². The Morgan fingerprint density at radius 2 is 2.38 bits per heavy atom. The molecular formula is C6H10O2. The molecule has 2 heteroatoms. The van der Waals surface area contributed by atoms with E-state index in [0.29, 0.717) is 12.8 Å². The van der Waals surface area contributed by atoms with Gasteiger partial charge in [0.1, 0.15) is 5.78 Å². The predicted octanol–water partition coefficient (Wildman–Crippen LogP) is 0.490. The van der Waals surface area contributed by atoms with Crippen LogP contribution in [0.25, 0.3) is 0 Å². The summed E-state index contributed by atoms with van der Waals surface area (Å²) in [4.78, 5) is 10.5. The number of aliphatic hydroxyl groups excluding tert-OH is 1. The van der Waals surface area contributed by atoms with Gasteiger partial charge in [0.25, 0.3) is 0 Å². The molecule has 2 nitrogen and oxygen atoms in total. The Morgan fingerprint density at radius 1 is 1.62 bits per heavy atom. The van der Waals surface area contributed by atoms with Gasteiger partial charge in [-0.2, -0.15) is 0 Å². The molecular weight excluding hydrogens is 104 g/mol. The molecule has 1 aliphatic carbocycles. The highest BCUT2D eigenvalue weighted by Gasteiger charge is 2.15. The first-order chi connectivity index (χ1) is 3.79. The normalized spacial score (nSPS) is 30.6. The minimum atomic E-state index is -0.337. The maximum absolute atomic E-state index is 10.5. The molecule has 0 radical (unpaired) electrons. The molecule has 0 aromatic rings. The summed E-state index contributed by atoms with van der Waals surface area (Å²) in [5, 5.41) is 8.86. The highest BCUT2D eigenvalue weighted by molar-refractivity contribution is 5.79. The van der Waals surface area contributed by atoms with Crippen LogP contribution >= 0.6 is 0 Å². The summed E-state index contributed by atoms with van der Waals surface area (Å²) in [6.07, 6.45) is 2.42. The first-order valence-corrected chi connectivity index (χ1v) is 2.99. The third kappa shape index (κ3) is 1.30. The quantitative estimate of drug-likeness (QED) is 0.497. The average molecular weight is 114 g/mol. The Kier molecular flexibility index (Phi) is 1.63. The fraction of sp³-hybridized carbons (Fsp3) is 0.833. The molecule has 0 aromatic carbocycles. The second-order valence-electron chi connectivity index (χ2n) is 2.29. The van der Waals surface area contributed by atoms with Crippen LogP contribution in [0.5, 0.6) is 0 Å². The fourth-order valence-electron chi connectivity index (χ4n) is 1.00. The van der Waals surface area contributed by atoms with Crippen molar-refractivity contribution in [1.82, 2.24) is 0 Å². The Bertz CT molecular complexity index is 98.7. The third-order valence-electron chi connectivity index (χ3n) is 1.46. The lowest BCUT2D eigenvalue weighted by Crippen LogP contribution is -2.18. The van der Waals surface area contributed by atoms with Gasteiger partial charge in [0, 0.05) is 12.8 Å². The Balaban J connectivity index is 2.34. The van der Waals surface area contributed by atoms with Gasteiger partial charge in [-0.1, -0.05) is 0 Å². The van der Waals surface area contributed by atoms with Crippen molar-refractivity contribution in [3.8, 4) is 0 Å². The minimum Gasteiger partial charge on any atom is -0.393 e. The summed E-state index contributed by atoms with van der Waals surface area (Å²) < 4.78 is 0. The average Bonchev–Trinajstić information content (AvgIpc) is 1.64. The number of carbonyl (C=O) groups is 1. The first kappa shape index (κ1) is 5.76. The van der Waals surface area contributed by atoms with Gasteiger partial charge in [-0.3, -0.25) is 4.79 Å². The van der Waals surface area contributed by atoms with E-state index in [2.05, 4.69) is 0 Å². The third-order valence-corrected chi connectivity index (χ3v) is 1.46. The number of hydrogen-bond donors (Lipinski definition) is 1. The van der Waals surface area contributed by atoms with Crippen LogP contribution in [0.3, 0.4) is 0 Å². The molecule has 46 valence electrons. The van der Waals surface area contributed by atoms with E-state index in [0.717, 1.165) is 12.8 Å². The molecule has 1 saturated carbocycles. The van der Waals surface area contributed by atoms with Crippen LogP contribution in [0.15, 0.2) is 0 Å². The Labute approximate surface area is 48.5 Å². The highest BCUT2D eigenvalue weighted by atomic mass is 16.3. The van der Waals surface area contributed by atoms with E-state index in [9.17, 15) is 4.79 Å². The molecule has 1 N–H and O–H groups in total. The molecule has 0 bridgehead atoms. The summed E-state index contributed by atoms with van der Waals surface area (Å²) in [5.74, 6) is 0.212. The first-order valence-electron chi connectivity index (χ1n) is 2.99. The molecule has 8 heavy (non-hydrogen) atoms. The zero-order chi connectivity index (χ0) is 5.98. The SMILES string of the molecule is O=C1CCCC(O)C1. The van der Waals surface area contributed by atoms with E-state index < -0.39 is 0 Å². The van der Waals surface area contributed by atoms with Gasteiger partial charge in [0.05, 0.1) is 6.10 Å². The van der Waals surface area contributed by atoms with Crippen molar-refractivity contribution >= 4 is 5.78 Å². The molecule has 0 aromatic heterocycles. The van der Waals surface area contributed by atoms with Crippen molar-refractivity contribution in [3.63, 3.8) is 0 Å². The van der Waals surface area contributed by atoms with Crippen LogP contribution in [0.4, 0.5) is 0 Å². The maximum Gasteiger partial charge on any atom is 0.135 e. The van der Waals surface area contributed by atoms with Crippen LogP contribution < -0.4 is 0 Å². The standard InChI is InChI=1S/C6H10O2/c7-5-2-1-3-6(8)4-5/h5,7H,1-4H2. The van der Waals surface area contributed by atoms with E-state index in [1.54, 1.807) is 0 Å². The zero-order valence-electron chi connectivity index (χ0n) is 4.76. The number of Topliss-reactive ketones (excluding diaryl/α,β-unsaturated/α-hetero) is 1. The van der Waals surface area contributed by atoms with Crippen LogP contribution in [-0.4, -0.2) is 17.0 Å². The summed E-state index contributed by atoms with van der Waals surface area (Å²) in [6.45, 7) is 0. The van der Waals surface area contributed by atoms with Gasteiger partial charge >= 0.3 is 0 Å². The van der Waals surface area contributed by atoms with Crippen LogP contribution in [0.2, 0.25) is 0 Å². The lowest BCUT2D eigenvalue weighted by molar-refractivity contribution is -0.122. The van der Waals surface area contributed by atoms with Gasteiger partial charge in [-0.15, -0.1) is 0 Å². The Hall–Kier alpha value is -0.370. The monoisotopic (exact) mass is 114 g/mol. The molecule has 1 atom stereocenters. The van der Waals surface area contributed by atoms with E-state index in [1.165, 1.54) is 0 Å². The number of carbonyl (C=O) groups excluding carboxylic acids is 1. The summed E-state index contributed by atoms with van der Waals surface area (Å²) in [7, 11) is 0. The van der Waals surface area contributed by atoms with Gasteiger partial charge < -0.3 is 5.11 Å². The molecule has 0 aliphatic heterocycles. The van der Waals surface area contributed by atoms with E-state index in [1.807, 2.05) is 0 Å². The number of hydrogen-bond acceptors (Lipinski definition) is 2. The van der Waals surface area contributed by atoms with Gasteiger partial charge in [-0.25, -0.2) is 0 Å². The zero-order valence-corrected chi connectivity index (χ0v) is 4.76. The van der Waals surface area contributed by atoms with Crippen molar-refractivity contribution < 1.29 is 9.90 Å². The smallest absolute Gasteiger partial charge is 0.135 e. The van der Waals surface area contributed by atoms with Crippen LogP contribution in [-0.2, 0) is 4.79 Å². The molecule has 0 spiro atoms. The lowest BCUT2D eigenvalue weighted by Gasteiger charge is -2.13. The minimum absolute atomic E-state index is 0.212. The van der Waals surface area contributed by atoms with Crippen LogP contribution in [0.1, 0.15) is 25.7 Å². The molecule has 0 heterocycles. The largest absolute Gasteiger partial charge is 0.393 e. The molecule has 1 fully saturated rings. The predicted molar refractivity (Wildman–Crippen MR) is 29.5 cm³/mol. The lowest BCUT2D eigenvalue weighted by atomic mass is 9.97. The van der Waals surface area contributed by atoms with Crippen molar-refractivity contribution in [2.75, 3.05) is 0 Å². The van der Waals surface area contributed by atoms with Gasteiger partial charge in [-0.05, 0) is 12.8 Å². The summed E-state index contributed by atoms with van der Waals surface area (Å²) in [6, 6.07) is 0. The number of aliphatic hydroxyl groups is 1. The van der Waals surface area contributed by atoms with Gasteiger partial charge in [0.2, 0.25) is 0 Å². The molecule has 0 amide bonds. The van der Waals surface area contributed by atoms with E-state index >= 15 is 0 Å². The van der Waals surface area contributed by atoms with Gasteiger partial charge in [0.15, 0.2) is 0 Å². The van der Waals surface area contributed by atoms with E-state index in [-0.39, 0.29) is 11.9 Å².